The van der Waals surface area contributed by atoms with Crippen LogP contribution in [0, 0.1) is 13.8 Å². The number of aliphatic carboxylic acids is 1. The van der Waals surface area contributed by atoms with Crippen molar-refractivity contribution in [2.75, 3.05) is 6.61 Å². The lowest BCUT2D eigenvalue weighted by Gasteiger charge is -2.07. The summed E-state index contributed by atoms with van der Waals surface area (Å²) >= 11 is 1.50. The maximum atomic E-state index is 10.5. The molecule has 0 fully saturated rings. The summed E-state index contributed by atoms with van der Waals surface area (Å²) in [6, 6.07) is 7.89. The number of benzene rings is 1. The molecule has 0 saturated carbocycles. The van der Waals surface area contributed by atoms with E-state index in [1.54, 1.807) is 6.08 Å². The van der Waals surface area contributed by atoms with Gasteiger partial charge in [-0.2, -0.15) is 0 Å². The largest absolute Gasteiger partial charge is 0.493 e. The summed E-state index contributed by atoms with van der Waals surface area (Å²) in [5.41, 5.74) is 1.96. The minimum absolute atomic E-state index is 0.555. The topological polar surface area (TPSA) is 59.4 Å². The molecule has 5 heteroatoms. The second kappa shape index (κ2) is 7.04. The first-order valence-electron chi connectivity index (χ1n) is 6.62. The van der Waals surface area contributed by atoms with E-state index >= 15 is 0 Å². The monoisotopic (exact) mass is 303 g/mol. The maximum Gasteiger partial charge on any atom is 0.328 e. The van der Waals surface area contributed by atoms with Crippen molar-refractivity contribution in [3.05, 3.63) is 51.5 Å². The fourth-order valence-electron chi connectivity index (χ4n) is 1.84. The van der Waals surface area contributed by atoms with Gasteiger partial charge in [0.1, 0.15) is 5.75 Å². The van der Waals surface area contributed by atoms with Gasteiger partial charge in [0.15, 0.2) is 0 Å². The van der Waals surface area contributed by atoms with Crippen molar-refractivity contribution in [1.82, 2.24) is 4.98 Å². The SMILES string of the molecule is Cc1ccccc1OCCc1nc(C)c(/C=C/C(=O)O)s1. The van der Waals surface area contributed by atoms with E-state index in [-0.39, 0.29) is 0 Å². The molecular weight excluding hydrogens is 286 g/mol. The lowest BCUT2D eigenvalue weighted by Crippen LogP contribution is -2.02. The van der Waals surface area contributed by atoms with Gasteiger partial charge in [0.2, 0.25) is 0 Å². The number of carboxylic acids is 1. The van der Waals surface area contributed by atoms with Gasteiger partial charge in [0.25, 0.3) is 0 Å². The number of para-hydroxylation sites is 1. The highest BCUT2D eigenvalue weighted by Gasteiger charge is 2.06. The van der Waals surface area contributed by atoms with Crippen LogP contribution in [-0.2, 0) is 11.2 Å². The van der Waals surface area contributed by atoms with Crippen LogP contribution in [0.3, 0.4) is 0 Å². The zero-order chi connectivity index (χ0) is 15.2. The lowest BCUT2D eigenvalue weighted by molar-refractivity contribution is -0.131. The Labute approximate surface area is 127 Å². The Bertz CT molecular complexity index is 661. The molecule has 0 amide bonds. The van der Waals surface area contributed by atoms with Gasteiger partial charge in [-0.25, -0.2) is 9.78 Å². The molecule has 110 valence electrons. The first-order chi connectivity index (χ1) is 10.1. The van der Waals surface area contributed by atoms with Gasteiger partial charge in [-0.3, -0.25) is 0 Å². The number of nitrogens with zero attached hydrogens (tertiary/aromatic N) is 1. The summed E-state index contributed by atoms with van der Waals surface area (Å²) in [6.07, 6.45) is 3.43. The third-order valence-electron chi connectivity index (χ3n) is 2.92. The molecule has 1 aromatic carbocycles. The first-order valence-corrected chi connectivity index (χ1v) is 7.43. The predicted molar refractivity (Wildman–Crippen MR) is 83.9 cm³/mol. The number of thiazole rings is 1. The summed E-state index contributed by atoms with van der Waals surface area (Å²) in [5, 5.41) is 9.59. The quantitative estimate of drug-likeness (QED) is 0.830. The Morgan fingerprint density at radius 2 is 2.14 bits per heavy atom. The number of carboxylic acid groups (broad SMARTS) is 1. The molecule has 2 aromatic rings. The zero-order valence-corrected chi connectivity index (χ0v) is 12.8. The molecule has 1 aromatic heterocycles. The number of aryl methyl sites for hydroxylation is 2. The van der Waals surface area contributed by atoms with Crippen LogP contribution >= 0.6 is 11.3 Å². The normalized spacial score (nSPS) is 11.0. The van der Waals surface area contributed by atoms with Crippen LogP contribution < -0.4 is 4.74 Å². The molecule has 0 spiro atoms. The van der Waals surface area contributed by atoms with Crippen LogP contribution in [0.4, 0.5) is 0 Å². The van der Waals surface area contributed by atoms with E-state index in [0.717, 1.165) is 33.0 Å². The van der Waals surface area contributed by atoms with Crippen LogP contribution in [0.1, 0.15) is 21.1 Å². The van der Waals surface area contributed by atoms with Gasteiger partial charge >= 0.3 is 5.97 Å². The van der Waals surface area contributed by atoms with Crippen molar-refractivity contribution >= 4 is 23.4 Å². The first kappa shape index (κ1) is 15.3. The van der Waals surface area contributed by atoms with Crippen LogP contribution in [-0.4, -0.2) is 22.7 Å². The summed E-state index contributed by atoms with van der Waals surface area (Å²) in [7, 11) is 0. The zero-order valence-electron chi connectivity index (χ0n) is 12.0. The molecule has 0 radical (unpaired) electrons. The molecule has 0 unspecified atom stereocenters. The third-order valence-corrected chi connectivity index (χ3v) is 4.10. The highest BCUT2D eigenvalue weighted by molar-refractivity contribution is 7.12. The predicted octanol–water partition coefficient (Wildman–Crippen LogP) is 3.48. The Kier molecular flexibility index (Phi) is 5.11. The number of carbonyl (C=O) groups is 1. The van der Waals surface area contributed by atoms with Gasteiger partial charge in [-0.05, 0) is 31.6 Å². The summed E-state index contributed by atoms with van der Waals surface area (Å²) in [5.74, 6) is -0.0657. The number of hydrogen-bond donors (Lipinski definition) is 1. The van der Waals surface area contributed by atoms with Crippen molar-refractivity contribution in [2.45, 2.75) is 20.3 Å². The van der Waals surface area contributed by atoms with Gasteiger partial charge in [-0.1, -0.05) is 18.2 Å². The summed E-state index contributed by atoms with van der Waals surface area (Å²) in [4.78, 5) is 15.8. The van der Waals surface area contributed by atoms with E-state index in [1.165, 1.54) is 11.3 Å². The second-order valence-electron chi connectivity index (χ2n) is 4.59. The summed E-state index contributed by atoms with van der Waals surface area (Å²) < 4.78 is 5.74. The molecule has 21 heavy (non-hydrogen) atoms. The molecule has 0 atom stereocenters. The fraction of sp³-hybridized carbons (Fsp3) is 0.250. The fourth-order valence-corrected chi connectivity index (χ4v) is 2.79. The molecule has 1 heterocycles. The van der Waals surface area contributed by atoms with E-state index in [0.29, 0.717) is 13.0 Å². The van der Waals surface area contributed by atoms with Gasteiger partial charge in [0, 0.05) is 12.5 Å². The van der Waals surface area contributed by atoms with E-state index < -0.39 is 5.97 Å². The molecule has 0 saturated heterocycles. The Balaban J connectivity index is 1.94. The van der Waals surface area contributed by atoms with Crippen molar-refractivity contribution in [3.8, 4) is 5.75 Å². The van der Waals surface area contributed by atoms with Gasteiger partial charge in [-0.15, -0.1) is 11.3 Å². The minimum atomic E-state index is -0.952. The van der Waals surface area contributed by atoms with E-state index in [2.05, 4.69) is 4.98 Å². The number of aromatic nitrogens is 1. The molecule has 0 bridgehead atoms. The molecule has 0 aliphatic heterocycles. The molecule has 0 aliphatic rings. The van der Waals surface area contributed by atoms with E-state index in [4.69, 9.17) is 9.84 Å². The average Bonchev–Trinajstić information content (AvgIpc) is 2.79. The molecule has 4 nitrogen and oxygen atoms in total. The van der Waals surface area contributed by atoms with Crippen molar-refractivity contribution in [1.29, 1.82) is 0 Å². The van der Waals surface area contributed by atoms with Crippen molar-refractivity contribution < 1.29 is 14.6 Å². The smallest absolute Gasteiger partial charge is 0.328 e. The van der Waals surface area contributed by atoms with Crippen LogP contribution in [0.25, 0.3) is 6.08 Å². The number of ether oxygens (including phenoxy) is 1. The molecule has 0 aliphatic carbocycles. The number of rotatable bonds is 6. The number of hydrogen-bond acceptors (Lipinski definition) is 4. The summed E-state index contributed by atoms with van der Waals surface area (Å²) in [6.45, 7) is 4.45. The Morgan fingerprint density at radius 1 is 1.38 bits per heavy atom. The Morgan fingerprint density at radius 3 is 2.86 bits per heavy atom. The molecule has 2 rings (SSSR count). The van der Waals surface area contributed by atoms with E-state index in [9.17, 15) is 4.79 Å². The van der Waals surface area contributed by atoms with Gasteiger partial charge in [0.05, 0.1) is 22.2 Å². The van der Waals surface area contributed by atoms with Crippen LogP contribution in [0.15, 0.2) is 30.3 Å². The highest BCUT2D eigenvalue weighted by atomic mass is 32.1. The maximum absolute atomic E-state index is 10.5. The van der Waals surface area contributed by atoms with E-state index in [1.807, 2.05) is 38.1 Å². The average molecular weight is 303 g/mol. The third kappa shape index (κ3) is 4.43. The standard InChI is InChI=1S/C16H17NO3S/c1-11-5-3-4-6-13(11)20-10-9-15-17-12(2)14(21-15)7-8-16(18)19/h3-8H,9-10H2,1-2H3,(H,18,19)/b8-7+. The molecular formula is C16H17NO3S. The molecule has 1 N–H and O–H groups in total. The van der Waals surface area contributed by atoms with Crippen molar-refractivity contribution in [3.63, 3.8) is 0 Å². The van der Waals surface area contributed by atoms with Crippen molar-refractivity contribution in [2.24, 2.45) is 0 Å². The second-order valence-corrected chi connectivity index (χ2v) is 5.71. The van der Waals surface area contributed by atoms with Crippen LogP contribution in [0.2, 0.25) is 0 Å². The highest BCUT2D eigenvalue weighted by Crippen LogP contribution is 2.21. The minimum Gasteiger partial charge on any atom is -0.493 e. The lowest BCUT2D eigenvalue weighted by atomic mass is 10.2. The Hall–Kier alpha value is -2.14. The van der Waals surface area contributed by atoms with Crippen LogP contribution in [0.5, 0.6) is 5.75 Å². The van der Waals surface area contributed by atoms with Gasteiger partial charge < -0.3 is 9.84 Å².